The van der Waals surface area contributed by atoms with E-state index in [1.165, 1.54) is 37.9 Å². The van der Waals surface area contributed by atoms with E-state index in [9.17, 15) is 4.79 Å². The number of nitrogens with zero attached hydrogens (tertiary/aromatic N) is 1. The summed E-state index contributed by atoms with van der Waals surface area (Å²) in [6, 6.07) is 4.42. The van der Waals surface area contributed by atoms with Crippen LogP contribution in [0.3, 0.4) is 0 Å². The summed E-state index contributed by atoms with van der Waals surface area (Å²) in [5.41, 5.74) is 2.67. The third kappa shape index (κ3) is 3.13. The number of aryl methyl sites for hydroxylation is 1. The van der Waals surface area contributed by atoms with Crippen LogP contribution in [-0.2, 0) is 17.8 Å². The Balaban J connectivity index is 1.91. The van der Waals surface area contributed by atoms with E-state index in [1.54, 1.807) is 22.7 Å². The Kier molecular flexibility index (Phi) is 4.97. The highest BCUT2D eigenvalue weighted by atomic mass is 35.7. The summed E-state index contributed by atoms with van der Waals surface area (Å²) >= 11 is 3.46. The van der Waals surface area contributed by atoms with Gasteiger partial charge in [0.05, 0.1) is 10.8 Å². The van der Waals surface area contributed by atoms with Crippen molar-refractivity contribution >= 4 is 50.2 Å². The van der Waals surface area contributed by atoms with Crippen molar-refractivity contribution in [1.29, 1.82) is 0 Å². The van der Waals surface area contributed by atoms with Crippen molar-refractivity contribution in [3.63, 3.8) is 0 Å². The lowest BCUT2D eigenvalue weighted by Gasteiger charge is -2.32. The molecule has 6 heteroatoms. The number of carbonyl (C=O) groups excluding carboxylic acids is 1. The number of amides is 1. The summed E-state index contributed by atoms with van der Waals surface area (Å²) in [6.07, 6.45) is 2.33. The number of carbonyl (C=O) groups is 1. The monoisotopic (exact) mass is 369 g/mol. The summed E-state index contributed by atoms with van der Waals surface area (Å²) in [5.74, 6) is 0.341. The van der Waals surface area contributed by atoms with Crippen LogP contribution in [0.5, 0.6) is 0 Å². The van der Waals surface area contributed by atoms with E-state index < -0.39 is 0 Å². The predicted molar refractivity (Wildman–Crippen MR) is 97.1 cm³/mol. The first-order chi connectivity index (χ1) is 10.6. The zero-order valence-electron chi connectivity index (χ0n) is 12.2. The van der Waals surface area contributed by atoms with Gasteiger partial charge < -0.3 is 4.90 Å². The first-order valence-electron chi connectivity index (χ1n) is 6.98. The molecule has 2 aromatic rings. The smallest absolute Gasteiger partial charge is 0.246 e. The van der Waals surface area contributed by atoms with Crippen LogP contribution in [0.1, 0.15) is 26.8 Å². The first kappa shape index (κ1) is 16.1. The first-order valence-corrected chi connectivity index (χ1v) is 10.3. The molecule has 0 radical (unpaired) electrons. The zero-order chi connectivity index (χ0) is 15.7. The van der Waals surface area contributed by atoms with Crippen molar-refractivity contribution in [3.05, 3.63) is 51.0 Å². The topological polar surface area (TPSA) is 20.3 Å². The molecule has 22 heavy (non-hydrogen) atoms. The van der Waals surface area contributed by atoms with Gasteiger partial charge in [-0.05, 0) is 69.7 Å². The van der Waals surface area contributed by atoms with Crippen LogP contribution in [0, 0.1) is 6.92 Å². The van der Waals surface area contributed by atoms with Crippen LogP contribution in [0.15, 0.2) is 34.4 Å². The standard InChI is InChI=1S/C16H16ClNOS3/c1-3-15(19)18-8-12(7-11-4-5-20-16(11)22-17)13-6-10(2)21-14(13)9-18/h3-6,12H,1,7-9H2,2H3. The van der Waals surface area contributed by atoms with Gasteiger partial charge in [-0.3, -0.25) is 4.79 Å². The molecule has 116 valence electrons. The van der Waals surface area contributed by atoms with Gasteiger partial charge in [-0.2, -0.15) is 0 Å². The van der Waals surface area contributed by atoms with Crippen LogP contribution in [0.2, 0.25) is 0 Å². The molecule has 2 aromatic heterocycles. The highest BCUT2D eigenvalue weighted by Crippen LogP contribution is 2.39. The Morgan fingerprint density at radius 3 is 3.18 bits per heavy atom. The fourth-order valence-electron chi connectivity index (χ4n) is 2.93. The van der Waals surface area contributed by atoms with Crippen LogP contribution in [0.25, 0.3) is 0 Å². The largest absolute Gasteiger partial charge is 0.333 e. The quantitative estimate of drug-likeness (QED) is 0.689. The molecule has 1 aliphatic heterocycles. The van der Waals surface area contributed by atoms with E-state index in [4.69, 9.17) is 10.7 Å². The van der Waals surface area contributed by atoms with Crippen LogP contribution in [-0.4, -0.2) is 17.4 Å². The maximum Gasteiger partial charge on any atom is 0.246 e. The molecular formula is C16H16ClNOS3. The van der Waals surface area contributed by atoms with Crippen molar-refractivity contribution in [1.82, 2.24) is 4.90 Å². The fourth-order valence-corrected chi connectivity index (χ4v) is 5.92. The van der Waals surface area contributed by atoms with Crippen molar-refractivity contribution in [2.45, 2.75) is 30.0 Å². The molecule has 3 heterocycles. The lowest BCUT2D eigenvalue weighted by Crippen LogP contribution is -2.37. The summed E-state index contributed by atoms with van der Waals surface area (Å²) in [4.78, 5) is 16.6. The summed E-state index contributed by atoms with van der Waals surface area (Å²) in [6.45, 7) is 7.20. The molecule has 1 atom stereocenters. The second kappa shape index (κ2) is 6.79. The number of halogens is 1. The number of rotatable bonds is 4. The third-order valence-electron chi connectivity index (χ3n) is 3.91. The van der Waals surface area contributed by atoms with Gasteiger partial charge in [-0.1, -0.05) is 6.58 Å². The Morgan fingerprint density at radius 1 is 1.64 bits per heavy atom. The van der Waals surface area contributed by atoms with Crippen LogP contribution >= 0.6 is 44.3 Å². The van der Waals surface area contributed by atoms with E-state index in [-0.39, 0.29) is 5.91 Å². The molecule has 0 fully saturated rings. The van der Waals surface area contributed by atoms with Gasteiger partial charge in [0, 0.05) is 22.2 Å². The molecule has 0 saturated carbocycles. The average molecular weight is 370 g/mol. The Labute approximate surface area is 147 Å². The number of fused-ring (bicyclic) bond motifs is 1. The van der Waals surface area contributed by atoms with Gasteiger partial charge in [-0.25, -0.2) is 0 Å². The van der Waals surface area contributed by atoms with Gasteiger partial charge in [0.1, 0.15) is 0 Å². The minimum Gasteiger partial charge on any atom is -0.333 e. The molecule has 0 saturated heterocycles. The Hall–Kier alpha value is -0.750. The number of thiophene rings is 2. The molecule has 3 rings (SSSR count). The Bertz CT molecular complexity index is 706. The van der Waals surface area contributed by atoms with E-state index >= 15 is 0 Å². The SMILES string of the molecule is C=CC(=O)N1Cc2sc(C)cc2C(Cc2ccsc2SCl)C1. The second-order valence-corrected chi connectivity index (χ2v) is 8.91. The van der Waals surface area contributed by atoms with Gasteiger partial charge >= 0.3 is 0 Å². The molecule has 1 amide bonds. The maximum atomic E-state index is 12.0. The van der Waals surface area contributed by atoms with Crippen molar-refractivity contribution in [3.8, 4) is 0 Å². The highest BCUT2D eigenvalue weighted by molar-refractivity contribution is 8.22. The summed E-state index contributed by atoms with van der Waals surface area (Å²) < 4.78 is 1.15. The van der Waals surface area contributed by atoms with Crippen molar-refractivity contribution in [2.75, 3.05) is 6.54 Å². The Morgan fingerprint density at radius 2 is 2.45 bits per heavy atom. The molecule has 0 bridgehead atoms. The maximum absolute atomic E-state index is 12.0. The molecule has 2 nitrogen and oxygen atoms in total. The van der Waals surface area contributed by atoms with Crippen molar-refractivity contribution in [2.24, 2.45) is 0 Å². The van der Waals surface area contributed by atoms with Crippen molar-refractivity contribution < 1.29 is 4.79 Å². The molecular weight excluding hydrogens is 354 g/mol. The molecule has 0 aliphatic carbocycles. The molecule has 0 aromatic carbocycles. The predicted octanol–water partition coefficient (Wildman–Crippen LogP) is 5.22. The van der Waals surface area contributed by atoms with Gasteiger partial charge in [0.25, 0.3) is 0 Å². The second-order valence-electron chi connectivity index (χ2n) is 5.37. The summed E-state index contributed by atoms with van der Waals surface area (Å²) in [5, 5.41) is 2.08. The van der Waals surface area contributed by atoms with Gasteiger partial charge in [-0.15, -0.1) is 22.7 Å². The zero-order valence-corrected chi connectivity index (χ0v) is 15.4. The van der Waals surface area contributed by atoms with E-state index in [0.717, 1.165) is 17.2 Å². The molecule has 0 N–H and O–H groups in total. The minimum atomic E-state index is 0.0129. The molecule has 1 unspecified atom stereocenters. The van der Waals surface area contributed by atoms with E-state index in [2.05, 4.69) is 31.0 Å². The highest BCUT2D eigenvalue weighted by Gasteiger charge is 2.29. The third-order valence-corrected chi connectivity index (χ3v) is 7.39. The van der Waals surface area contributed by atoms with Crippen LogP contribution < -0.4 is 0 Å². The average Bonchev–Trinajstić information content (AvgIpc) is 3.11. The number of hydrogen-bond donors (Lipinski definition) is 0. The van der Waals surface area contributed by atoms with Crippen LogP contribution in [0.4, 0.5) is 0 Å². The lowest BCUT2D eigenvalue weighted by molar-refractivity contribution is -0.127. The fraction of sp³-hybridized carbons (Fsp3) is 0.312. The van der Waals surface area contributed by atoms with Gasteiger partial charge in [0.2, 0.25) is 5.91 Å². The lowest BCUT2D eigenvalue weighted by atomic mass is 9.89. The summed E-state index contributed by atoms with van der Waals surface area (Å²) in [7, 11) is 7.23. The van der Waals surface area contributed by atoms with E-state index in [0.29, 0.717) is 12.5 Å². The minimum absolute atomic E-state index is 0.0129. The van der Waals surface area contributed by atoms with E-state index in [1.807, 2.05) is 4.90 Å². The van der Waals surface area contributed by atoms with Gasteiger partial charge in [0.15, 0.2) is 0 Å². The molecule has 1 aliphatic rings. The normalized spacial score (nSPS) is 17.4. The number of hydrogen-bond acceptors (Lipinski definition) is 4. The molecule has 0 spiro atoms.